The zero-order chi connectivity index (χ0) is 15.7. The first-order chi connectivity index (χ1) is 10.6. The molecule has 0 N–H and O–H groups in total. The number of hydrogen-bond donors (Lipinski definition) is 0. The standard InChI is InChI=1S/C21H23P/c1-14(2)17-11-10-15(3)21-19(13-17)16(4)12-20(21)22-18-8-6-5-7-9-18/h5-14,22H,1-4H3. The van der Waals surface area contributed by atoms with Crippen LogP contribution in [0.5, 0.6) is 0 Å². The van der Waals surface area contributed by atoms with E-state index < -0.39 is 0 Å². The van der Waals surface area contributed by atoms with Gasteiger partial charge in [0.2, 0.25) is 0 Å². The van der Waals surface area contributed by atoms with Gasteiger partial charge in [-0.3, -0.25) is 0 Å². The molecule has 2 aliphatic carbocycles. The molecule has 0 spiro atoms. The van der Waals surface area contributed by atoms with Crippen LogP contribution in [0.3, 0.4) is 0 Å². The SMILES string of the molecule is Cc1cc(Pc2ccccc2)c2c(C)ccc(C(C)C)cc1-2. The largest absolute Gasteiger partial charge is 0.0622 e. The van der Waals surface area contributed by atoms with Crippen molar-refractivity contribution in [3.05, 3.63) is 71.3 Å². The van der Waals surface area contributed by atoms with Crippen molar-refractivity contribution >= 4 is 19.2 Å². The van der Waals surface area contributed by atoms with Crippen molar-refractivity contribution in [2.75, 3.05) is 0 Å². The molecule has 0 aliphatic heterocycles. The van der Waals surface area contributed by atoms with Gasteiger partial charge in [-0.15, -0.1) is 0 Å². The molecular formula is C21H23P. The highest BCUT2D eigenvalue weighted by Gasteiger charge is 2.16. The third-order valence-electron chi connectivity index (χ3n) is 4.27. The average Bonchev–Trinajstić information content (AvgIpc) is 2.67. The molecular weight excluding hydrogens is 283 g/mol. The maximum atomic E-state index is 2.39. The highest BCUT2D eigenvalue weighted by Crippen LogP contribution is 2.34. The average molecular weight is 306 g/mol. The second-order valence-electron chi connectivity index (χ2n) is 6.34. The molecule has 1 atom stereocenters. The third-order valence-corrected chi connectivity index (χ3v) is 5.56. The van der Waals surface area contributed by atoms with Crippen molar-refractivity contribution in [1.29, 1.82) is 0 Å². The Hall–Kier alpha value is -1.65. The molecule has 0 amide bonds. The molecule has 0 saturated heterocycles. The minimum atomic E-state index is 0.560. The second kappa shape index (κ2) is 6.23. The third kappa shape index (κ3) is 2.94. The van der Waals surface area contributed by atoms with Gasteiger partial charge in [0.15, 0.2) is 0 Å². The number of hydrogen-bond acceptors (Lipinski definition) is 0. The fraction of sp³-hybridized carbons (Fsp3) is 0.238. The van der Waals surface area contributed by atoms with Gasteiger partial charge in [0, 0.05) is 0 Å². The van der Waals surface area contributed by atoms with Crippen molar-refractivity contribution < 1.29 is 0 Å². The molecule has 0 fully saturated rings. The Morgan fingerprint density at radius 3 is 2.23 bits per heavy atom. The van der Waals surface area contributed by atoms with E-state index in [4.69, 9.17) is 0 Å². The van der Waals surface area contributed by atoms with E-state index in [1.54, 1.807) is 0 Å². The fourth-order valence-electron chi connectivity index (χ4n) is 2.97. The molecule has 1 heteroatoms. The first-order valence-electron chi connectivity index (χ1n) is 7.92. The van der Waals surface area contributed by atoms with E-state index in [1.807, 2.05) is 0 Å². The van der Waals surface area contributed by atoms with Crippen LogP contribution in [0, 0.1) is 13.8 Å². The lowest BCUT2D eigenvalue weighted by atomic mass is 10.0. The molecule has 0 radical (unpaired) electrons. The van der Waals surface area contributed by atoms with Gasteiger partial charge in [-0.2, -0.15) is 0 Å². The summed E-state index contributed by atoms with van der Waals surface area (Å²) in [6, 6.07) is 20.1. The molecule has 1 aromatic rings. The lowest BCUT2D eigenvalue weighted by Crippen LogP contribution is -2.03. The number of benzene rings is 1. The van der Waals surface area contributed by atoms with Crippen molar-refractivity contribution in [2.45, 2.75) is 33.6 Å². The van der Waals surface area contributed by atoms with Gasteiger partial charge >= 0.3 is 0 Å². The van der Waals surface area contributed by atoms with Gasteiger partial charge in [0.25, 0.3) is 0 Å². The zero-order valence-corrected chi connectivity index (χ0v) is 14.8. The summed E-state index contributed by atoms with van der Waals surface area (Å²) in [5.74, 6) is 0.560. The predicted octanol–water partition coefficient (Wildman–Crippen LogP) is 5.16. The van der Waals surface area contributed by atoms with E-state index in [0.717, 1.165) is 8.58 Å². The summed E-state index contributed by atoms with van der Waals surface area (Å²) in [5, 5.41) is 2.88. The maximum absolute atomic E-state index is 2.39. The van der Waals surface area contributed by atoms with Crippen LogP contribution in [0.2, 0.25) is 0 Å². The van der Waals surface area contributed by atoms with Crippen LogP contribution in [-0.2, 0) is 0 Å². The van der Waals surface area contributed by atoms with Gasteiger partial charge in [-0.1, -0.05) is 77.0 Å². The summed E-state index contributed by atoms with van der Waals surface area (Å²) in [6.07, 6.45) is 0. The molecule has 0 nitrogen and oxygen atoms in total. The minimum Gasteiger partial charge on any atom is -0.0622 e. The Labute approximate surface area is 135 Å². The lowest BCUT2D eigenvalue weighted by molar-refractivity contribution is 0.868. The Bertz CT molecular complexity index is 757. The molecule has 22 heavy (non-hydrogen) atoms. The number of rotatable bonds is 3. The van der Waals surface area contributed by atoms with E-state index in [2.05, 4.69) is 82.3 Å². The Balaban J connectivity index is 2.12. The van der Waals surface area contributed by atoms with Gasteiger partial charge in [-0.05, 0) is 58.2 Å². The van der Waals surface area contributed by atoms with Crippen molar-refractivity contribution in [3.8, 4) is 11.1 Å². The molecule has 3 rings (SSSR count). The van der Waals surface area contributed by atoms with E-state index in [-0.39, 0.29) is 0 Å². The molecule has 0 bridgehead atoms. The van der Waals surface area contributed by atoms with Crippen molar-refractivity contribution in [1.82, 2.24) is 0 Å². The van der Waals surface area contributed by atoms with E-state index in [9.17, 15) is 0 Å². The Kier molecular flexibility index (Phi) is 4.32. The Morgan fingerprint density at radius 1 is 0.818 bits per heavy atom. The van der Waals surface area contributed by atoms with E-state index in [1.165, 1.54) is 38.4 Å². The topological polar surface area (TPSA) is 0 Å². The predicted molar refractivity (Wildman–Crippen MR) is 101 cm³/mol. The van der Waals surface area contributed by atoms with Crippen LogP contribution in [0.25, 0.3) is 11.1 Å². The van der Waals surface area contributed by atoms with Crippen molar-refractivity contribution in [2.24, 2.45) is 0 Å². The molecule has 0 heterocycles. The molecule has 2 aliphatic rings. The number of aryl methyl sites for hydroxylation is 2. The van der Waals surface area contributed by atoms with Gasteiger partial charge < -0.3 is 0 Å². The molecule has 112 valence electrons. The lowest BCUT2D eigenvalue weighted by Gasteiger charge is -2.06. The summed E-state index contributed by atoms with van der Waals surface area (Å²) >= 11 is 0. The summed E-state index contributed by atoms with van der Waals surface area (Å²) in [7, 11) is 0.722. The summed E-state index contributed by atoms with van der Waals surface area (Å²) < 4.78 is 0. The van der Waals surface area contributed by atoms with Gasteiger partial charge in [0.1, 0.15) is 0 Å². The molecule has 0 saturated carbocycles. The monoisotopic (exact) mass is 306 g/mol. The van der Waals surface area contributed by atoms with Crippen LogP contribution in [-0.4, -0.2) is 0 Å². The summed E-state index contributed by atoms with van der Waals surface area (Å²) in [4.78, 5) is 0. The van der Waals surface area contributed by atoms with Gasteiger partial charge in [0.05, 0.1) is 0 Å². The minimum absolute atomic E-state index is 0.560. The van der Waals surface area contributed by atoms with Crippen LogP contribution < -0.4 is 10.6 Å². The van der Waals surface area contributed by atoms with Gasteiger partial charge in [-0.25, -0.2) is 0 Å². The van der Waals surface area contributed by atoms with E-state index in [0.29, 0.717) is 5.92 Å². The summed E-state index contributed by atoms with van der Waals surface area (Å²) in [5.41, 5.74) is 7.07. The highest BCUT2D eigenvalue weighted by atomic mass is 31.1. The molecule has 1 unspecified atom stereocenters. The van der Waals surface area contributed by atoms with Crippen LogP contribution >= 0.6 is 8.58 Å². The Morgan fingerprint density at radius 2 is 1.55 bits per heavy atom. The van der Waals surface area contributed by atoms with Crippen molar-refractivity contribution in [3.63, 3.8) is 0 Å². The van der Waals surface area contributed by atoms with E-state index >= 15 is 0 Å². The summed E-state index contributed by atoms with van der Waals surface area (Å²) in [6.45, 7) is 9.01. The smallest absolute Gasteiger partial charge is 0.00741 e. The zero-order valence-electron chi connectivity index (χ0n) is 13.8. The maximum Gasteiger partial charge on any atom is -0.00741 e. The van der Waals surface area contributed by atoms with Crippen LogP contribution in [0.4, 0.5) is 0 Å². The fourth-order valence-corrected chi connectivity index (χ4v) is 4.39. The normalized spacial score (nSPS) is 11.9. The first-order valence-corrected chi connectivity index (χ1v) is 8.92. The highest BCUT2D eigenvalue weighted by molar-refractivity contribution is 7.55. The van der Waals surface area contributed by atoms with Crippen LogP contribution in [0.15, 0.2) is 54.6 Å². The molecule has 0 aromatic heterocycles. The number of fused-ring (bicyclic) bond motifs is 1. The molecule has 1 aromatic carbocycles. The second-order valence-corrected chi connectivity index (χ2v) is 7.70. The van der Waals surface area contributed by atoms with Crippen LogP contribution in [0.1, 0.15) is 36.5 Å². The quantitative estimate of drug-likeness (QED) is 0.586. The first kappa shape index (κ1) is 15.3.